The SMILES string of the molecule is CO[C@@H](CN)[C@H](O)[C@H](O)C(=O)O. The van der Waals surface area contributed by atoms with E-state index >= 15 is 0 Å². The van der Waals surface area contributed by atoms with E-state index in [2.05, 4.69) is 4.74 Å². The largest absolute Gasteiger partial charge is 0.479 e. The van der Waals surface area contributed by atoms with Crippen LogP contribution in [0.15, 0.2) is 0 Å². The summed E-state index contributed by atoms with van der Waals surface area (Å²) < 4.78 is 4.63. The van der Waals surface area contributed by atoms with Gasteiger partial charge in [0.1, 0.15) is 6.10 Å². The third kappa shape index (κ3) is 2.74. The van der Waals surface area contributed by atoms with Gasteiger partial charge >= 0.3 is 5.97 Å². The number of aliphatic hydroxyl groups is 2. The molecule has 5 N–H and O–H groups in total. The van der Waals surface area contributed by atoms with Crippen molar-refractivity contribution in [1.29, 1.82) is 0 Å². The number of aliphatic hydroxyl groups excluding tert-OH is 2. The minimum absolute atomic E-state index is 0.0536. The predicted octanol–water partition coefficient (Wildman–Crippen LogP) is -2.23. The highest BCUT2D eigenvalue weighted by atomic mass is 16.5. The van der Waals surface area contributed by atoms with E-state index in [4.69, 9.17) is 21.1 Å². The maximum atomic E-state index is 10.2. The summed E-state index contributed by atoms with van der Waals surface area (Å²) in [6, 6.07) is 0. The van der Waals surface area contributed by atoms with Gasteiger partial charge in [0.05, 0.1) is 6.10 Å². The molecule has 0 radical (unpaired) electrons. The summed E-state index contributed by atoms with van der Waals surface area (Å²) in [4.78, 5) is 10.2. The number of carboxylic acids is 1. The van der Waals surface area contributed by atoms with E-state index in [0.717, 1.165) is 0 Å². The van der Waals surface area contributed by atoms with Crippen molar-refractivity contribution in [3.63, 3.8) is 0 Å². The lowest BCUT2D eigenvalue weighted by Crippen LogP contribution is -2.46. The van der Waals surface area contributed by atoms with Gasteiger partial charge in [0.15, 0.2) is 6.10 Å². The Morgan fingerprint density at radius 2 is 2.08 bits per heavy atom. The summed E-state index contributed by atoms with van der Waals surface area (Å²) in [6.45, 7) is -0.0536. The fourth-order valence-corrected chi connectivity index (χ4v) is 0.724. The lowest BCUT2D eigenvalue weighted by molar-refractivity contribution is -0.158. The average Bonchev–Trinajstić information content (AvgIpc) is 2.05. The molecular formula is C6H13NO5. The zero-order chi connectivity index (χ0) is 9.72. The van der Waals surface area contributed by atoms with Gasteiger partial charge in [-0.2, -0.15) is 0 Å². The molecule has 0 spiro atoms. The molecule has 12 heavy (non-hydrogen) atoms. The third-order valence-electron chi connectivity index (χ3n) is 1.49. The Balaban J connectivity index is 4.14. The van der Waals surface area contributed by atoms with Crippen molar-refractivity contribution in [2.75, 3.05) is 13.7 Å². The predicted molar refractivity (Wildman–Crippen MR) is 39.5 cm³/mol. The summed E-state index contributed by atoms with van der Waals surface area (Å²) in [5.41, 5.74) is 5.13. The van der Waals surface area contributed by atoms with Gasteiger partial charge in [-0.05, 0) is 0 Å². The number of carboxylic acid groups (broad SMARTS) is 1. The second kappa shape index (κ2) is 5.04. The number of carbonyl (C=O) groups is 1. The number of hydrogen-bond acceptors (Lipinski definition) is 5. The first kappa shape index (κ1) is 11.3. The summed E-state index contributed by atoms with van der Waals surface area (Å²) in [5, 5.41) is 26.2. The van der Waals surface area contributed by atoms with Gasteiger partial charge in [0, 0.05) is 13.7 Å². The molecule has 0 aliphatic rings. The quantitative estimate of drug-likeness (QED) is 0.380. The highest BCUT2D eigenvalue weighted by Gasteiger charge is 2.30. The Morgan fingerprint density at radius 1 is 1.58 bits per heavy atom. The van der Waals surface area contributed by atoms with E-state index in [1.165, 1.54) is 7.11 Å². The summed E-state index contributed by atoms with van der Waals surface area (Å²) in [6.07, 6.45) is -4.23. The second-order valence-electron chi connectivity index (χ2n) is 2.28. The molecule has 0 bridgehead atoms. The van der Waals surface area contributed by atoms with Crippen LogP contribution in [0, 0.1) is 0 Å². The Labute approximate surface area is 69.6 Å². The molecule has 0 aliphatic heterocycles. The first-order chi connectivity index (χ1) is 5.54. The van der Waals surface area contributed by atoms with E-state index in [9.17, 15) is 4.79 Å². The van der Waals surface area contributed by atoms with Crippen LogP contribution in [0.1, 0.15) is 0 Å². The summed E-state index contributed by atoms with van der Waals surface area (Å²) in [7, 11) is 1.27. The Kier molecular flexibility index (Phi) is 4.75. The van der Waals surface area contributed by atoms with Crippen molar-refractivity contribution in [3.05, 3.63) is 0 Å². The van der Waals surface area contributed by atoms with Crippen LogP contribution in [-0.4, -0.2) is 53.3 Å². The highest BCUT2D eigenvalue weighted by Crippen LogP contribution is 2.02. The van der Waals surface area contributed by atoms with Crippen molar-refractivity contribution in [1.82, 2.24) is 0 Å². The summed E-state index contributed by atoms with van der Waals surface area (Å²) >= 11 is 0. The third-order valence-corrected chi connectivity index (χ3v) is 1.49. The van der Waals surface area contributed by atoms with Gasteiger partial charge in [-0.1, -0.05) is 0 Å². The highest BCUT2D eigenvalue weighted by molar-refractivity contribution is 5.72. The van der Waals surface area contributed by atoms with Gasteiger partial charge < -0.3 is 25.8 Å². The van der Waals surface area contributed by atoms with Crippen LogP contribution in [0.4, 0.5) is 0 Å². The maximum Gasteiger partial charge on any atom is 0.335 e. The van der Waals surface area contributed by atoms with Gasteiger partial charge in [-0.15, -0.1) is 0 Å². The molecule has 0 fully saturated rings. The zero-order valence-corrected chi connectivity index (χ0v) is 6.67. The molecule has 6 heteroatoms. The van der Waals surface area contributed by atoms with E-state index in [1.807, 2.05) is 0 Å². The van der Waals surface area contributed by atoms with Crippen LogP contribution < -0.4 is 5.73 Å². The molecule has 0 unspecified atom stereocenters. The second-order valence-corrected chi connectivity index (χ2v) is 2.28. The van der Waals surface area contributed by atoms with Crippen LogP contribution in [0.2, 0.25) is 0 Å². The van der Waals surface area contributed by atoms with Crippen LogP contribution in [0.25, 0.3) is 0 Å². The number of rotatable bonds is 5. The number of nitrogens with two attached hydrogens (primary N) is 1. The maximum absolute atomic E-state index is 10.2. The molecule has 0 aromatic carbocycles. The smallest absolute Gasteiger partial charge is 0.335 e. The van der Waals surface area contributed by atoms with Crippen molar-refractivity contribution >= 4 is 5.97 Å². The minimum atomic E-state index is -1.86. The van der Waals surface area contributed by atoms with E-state index in [-0.39, 0.29) is 6.54 Å². The minimum Gasteiger partial charge on any atom is -0.479 e. The molecule has 0 rings (SSSR count). The molecule has 72 valence electrons. The normalized spacial score (nSPS) is 18.3. The Hall–Kier alpha value is -0.690. The van der Waals surface area contributed by atoms with E-state index < -0.39 is 24.3 Å². The van der Waals surface area contributed by atoms with E-state index in [1.54, 1.807) is 0 Å². The van der Waals surface area contributed by atoms with Crippen LogP contribution in [0.3, 0.4) is 0 Å². The summed E-state index contributed by atoms with van der Waals surface area (Å²) in [5.74, 6) is -1.50. The van der Waals surface area contributed by atoms with Crippen molar-refractivity contribution < 1.29 is 24.9 Å². The number of methoxy groups -OCH3 is 1. The molecule has 0 amide bonds. The zero-order valence-electron chi connectivity index (χ0n) is 6.67. The molecule has 0 aromatic rings. The first-order valence-electron chi connectivity index (χ1n) is 3.36. The van der Waals surface area contributed by atoms with Gasteiger partial charge in [0.25, 0.3) is 0 Å². The molecule has 0 heterocycles. The molecule has 3 atom stereocenters. The number of aliphatic carboxylic acids is 1. The standard InChI is InChI=1S/C6H13NO5/c1-12-3(2-7)4(8)5(9)6(10)11/h3-5,8-9H,2,7H2,1H3,(H,10,11)/t3-,4-,5-/m0/s1. The van der Waals surface area contributed by atoms with Crippen LogP contribution >= 0.6 is 0 Å². The van der Waals surface area contributed by atoms with Crippen LogP contribution in [0.5, 0.6) is 0 Å². The fourth-order valence-electron chi connectivity index (χ4n) is 0.724. The number of hydrogen-bond donors (Lipinski definition) is 4. The first-order valence-corrected chi connectivity index (χ1v) is 3.36. The Bertz CT molecular complexity index is 147. The van der Waals surface area contributed by atoms with Gasteiger partial charge in [-0.25, -0.2) is 4.79 Å². The average molecular weight is 179 g/mol. The number of ether oxygens (including phenoxy) is 1. The fraction of sp³-hybridized carbons (Fsp3) is 0.833. The van der Waals surface area contributed by atoms with Crippen LogP contribution in [-0.2, 0) is 9.53 Å². The molecular weight excluding hydrogens is 166 g/mol. The monoisotopic (exact) mass is 179 g/mol. The van der Waals surface area contributed by atoms with Crippen molar-refractivity contribution in [2.45, 2.75) is 18.3 Å². The molecule has 0 aliphatic carbocycles. The van der Waals surface area contributed by atoms with Gasteiger partial charge in [0.2, 0.25) is 0 Å². The lowest BCUT2D eigenvalue weighted by atomic mass is 10.1. The topological polar surface area (TPSA) is 113 Å². The van der Waals surface area contributed by atoms with E-state index in [0.29, 0.717) is 0 Å². The molecule has 0 saturated carbocycles. The molecule has 0 saturated heterocycles. The molecule has 0 aromatic heterocycles. The van der Waals surface area contributed by atoms with Crippen molar-refractivity contribution in [3.8, 4) is 0 Å². The lowest BCUT2D eigenvalue weighted by Gasteiger charge is -2.21. The van der Waals surface area contributed by atoms with Crippen molar-refractivity contribution in [2.24, 2.45) is 5.73 Å². The Morgan fingerprint density at radius 3 is 2.33 bits per heavy atom. The van der Waals surface area contributed by atoms with Gasteiger partial charge in [-0.3, -0.25) is 0 Å². The molecule has 6 nitrogen and oxygen atoms in total.